The summed E-state index contributed by atoms with van der Waals surface area (Å²) in [7, 11) is -2.71. The Morgan fingerprint density at radius 3 is 1.53 bits per heavy atom. The van der Waals surface area contributed by atoms with Crippen LogP contribution in [0.15, 0.2) is 0 Å². The molecule has 0 fully saturated rings. The maximum Gasteiger partial charge on any atom is 0.505 e. The Morgan fingerprint density at radius 2 is 1.26 bits per heavy atom. The summed E-state index contributed by atoms with van der Waals surface area (Å²) in [6.45, 7) is 9.29. The highest BCUT2D eigenvalue weighted by molar-refractivity contribution is 6.62. The smallest absolute Gasteiger partial charge is 0.373 e. The van der Waals surface area contributed by atoms with Crippen LogP contribution in [-0.4, -0.2) is 41.7 Å². The van der Waals surface area contributed by atoms with Crippen LogP contribution in [0.3, 0.4) is 0 Å². The molecule has 4 N–H and O–H groups in total. The highest BCUT2D eigenvalue weighted by Gasteiger charge is 2.48. The number of hydrogen-bond donors (Lipinski definition) is 2. The number of hydrogen-bond acceptors (Lipinski definition) is 5. The highest BCUT2D eigenvalue weighted by atomic mass is 28.4. The van der Waals surface area contributed by atoms with Crippen molar-refractivity contribution in [2.75, 3.05) is 32.9 Å². The number of rotatable bonds is 13. The van der Waals surface area contributed by atoms with Crippen molar-refractivity contribution >= 4 is 8.80 Å². The molecule has 0 aromatic carbocycles. The van der Waals surface area contributed by atoms with Crippen LogP contribution in [-0.2, 0) is 13.3 Å². The average Bonchev–Trinajstić information content (AvgIpc) is 2.44. The Morgan fingerprint density at radius 1 is 0.842 bits per heavy atom. The quantitative estimate of drug-likeness (QED) is 0.507. The second-order valence-corrected chi connectivity index (χ2v) is 7.55. The Bertz CT molecular complexity index is 187. The van der Waals surface area contributed by atoms with Crippen LogP contribution in [0.2, 0.25) is 5.54 Å². The van der Waals surface area contributed by atoms with Gasteiger partial charge in [0.15, 0.2) is 0 Å². The third-order valence-corrected chi connectivity index (χ3v) is 6.17. The summed E-state index contributed by atoms with van der Waals surface area (Å²) in [5.74, 6) is 0. The van der Waals surface area contributed by atoms with E-state index in [1.165, 1.54) is 0 Å². The van der Waals surface area contributed by atoms with Crippen molar-refractivity contribution in [2.24, 2.45) is 11.5 Å². The summed E-state index contributed by atoms with van der Waals surface area (Å²) in [6.07, 6.45) is 3.62. The van der Waals surface area contributed by atoms with E-state index in [1.54, 1.807) is 0 Å². The van der Waals surface area contributed by atoms with Gasteiger partial charge in [-0.2, -0.15) is 0 Å². The molecule has 0 aliphatic carbocycles. The van der Waals surface area contributed by atoms with E-state index in [1.807, 2.05) is 0 Å². The highest BCUT2D eigenvalue weighted by Crippen LogP contribution is 2.28. The first kappa shape index (κ1) is 19.0. The van der Waals surface area contributed by atoms with Gasteiger partial charge in [0.2, 0.25) is 0 Å². The van der Waals surface area contributed by atoms with Crippen molar-refractivity contribution < 1.29 is 13.3 Å². The summed E-state index contributed by atoms with van der Waals surface area (Å²) in [4.78, 5) is 0. The summed E-state index contributed by atoms with van der Waals surface area (Å²) in [5.41, 5.74) is 11.7. The van der Waals surface area contributed by atoms with Gasteiger partial charge in [-0.25, -0.2) is 0 Å². The maximum absolute atomic E-state index is 6.05. The monoisotopic (exact) mass is 292 g/mol. The molecular formula is C13H32N2O3Si. The normalized spacial score (nSPS) is 13.7. The van der Waals surface area contributed by atoms with Gasteiger partial charge in [-0.3, -0.25) is 0 Å². The van der Waals surface area contributed by atoms with Gasteiger partial charge in [0.25, 0.3) is 0 Å². The van der Waals surface area contributed by atoms with Gasteiger partial charge in [0.05, 0.1) is 0 Å². The van der Waals surface area contributed by atoms with Crippen LogP contribution in [0.25, 0.3) is 0 Å². The van der Waals surface area contributed by atoms with Gasteiger partial charge in [-0.1, -0.05) is 20.8 Å². The molecule has 0 heterocycles. The minimum atomic E-state index is -2.71. The molecule has 0 aliphatic heterocycles. The number of nitrogens with two attached hydrogens (primary N) is 2. The van der Waals surface area contributed by atoms with Gasteiger partial charge in [0.1, 0.15) is 0 Å². The molecule has 0 aromatic heterocycles. The molecule has 6 heteroatoms. The fraction of sp³-hybridized carbons (Fsp3) is 1.00. The lowest BCUT2D eigenvalue weighted by molar-refractivity contribution is 0.0492. The van der Waals surface area contributed by atoms with Gasteiger partial charge >= 0.3 is 8.80 Å². The molecule has 116 valence electrons. The zero-order valence-corrected chi connectivity index (χ0v) is 13.8. The lowest BCUT2D eigenvalue weighted by Gasteiger charge is -2.35. The molecule has 5 nitrogen and oxygen atoms in total. The first-order valence-electron chi connectivity index (χ1n) is 7.52. The Labute approximate surface area is 119 Å². The van der Waals surface area contributed by atoms with Crippen LogP contribution < -0.4 is 11.5 Å². The molecule has 0 spiro atoms. The first-order chi connectivity index (χ1) is 9.20. The van der Waals surface area contributed by atoms with E-state index in [0.29, 0.717) is 32.9 Å². The second kappa shape index (κ2) is 11.8. The maximum atomic E-state index is 6.05. The molecule has 0 radical (unpaired) electrons. The molecule has 0 aliphatic rings. The lowest BCUT2D eigenvalue weighted by Crippen LogP contribution is -2.53. The molecule has 0 aromatic rings. The minimum Gasteiger partial charge on any atom is -0.373 e. The Hall–Kier alpha value is 0.0169. The summed E-state index contributed by atoms with van der Waals surface area (Å²) >= 11 is 0. The van der Waals surface area contributed by atoms with E-state index in [-0.39, 0.29) is 5.54 Å². The van der Waals surface area contributed by atoms with Crippen molar-refractivity contribution in [3.8, 4) is 0 Å². The van der Waals surface area contributed by atoms with Crippen LogP contribution in [0.1, 0.15) is 46.5 Å². The predicted molar refractivity (Wildman–Crippen MR) is 81.0 cm³/mol. The molecule has 1 unspecified atom stereocenters. The van der Waals surface area contributed by atoms with Crippen LogP contribution in [0, 0.1) is 0 Å². The molecule has 1 atom stereocenters. The Balaban J connectivity index is 4.92. The van der Waals surface area contributed by atoms with Crippen LogP contribution >= 0.6 is 0 Å². The van der Waals surface area contributed by atoms with Crippen molar-refractivity contribution in [3.05, 3.63) is 0 Å². The molecule has 0 amide bonds. The molecular weight excluding hydrogens is 260 g/mol. The fourth-order valence-electron chi connectivity index (χ4n) is 1.85. The minimum absolute atomic E-state index is 0.0992. The van der Waals surface area contributed by atoms with Gasteiger partial charge in [0, 0.05) is 25.4 Å². The molecule has 0 rings (SSSR count). The first-order valence-corrected chi connectivity index (χ1v) is 9.32. The summed E-state index contributed by atoms with van der Waals surface area (Å²) < 4.78 is 18.1. The summed E-state index contributed by atoms with van der Waals surface area (Å²) in [5, 5.41) is 0. The third-order valence-electron chi connectivity index (χ3n) is 2.82. The van der Waals surface area contributed by atoms with Crippen molar-refractivity contribution in [2.45, 2.75) is 52.0 Å². The standard InChI is InChI=1S/C13H32N2O3Si/c1-4-9-16-19(17-10-5-2,18-11-6-3)13(12-15)7-8-14/h13H,4-12,14-15H2,1-3H3. The molecule has 0 saturated carbocycles. The van der Waals surface area contributed by atoms with Crippen molar-refractivity contribution in [3.63, 3.8) is 0 Å². The van der Waals surface area contributed by atoms with Crippen LogP contribution in [0.5, 0.6) is 0 Å². The van der Waals surface area contributed by atoms with E-state index < -0.39 is 8.80 Å². The van der Waals surface area contributed by atoms with Gasteiger partial charge in [-0.05, 0) is 38.8 Å². The van der Waals surface area contributed by atoms with E-state index in [4.69, 9.17) is 24.7 Å². The fourth-order valence-corrected chi connectivity index (χ4v) is 5.08. The van der Waals surface area contributed by atoms with E-state index in [2.05, 4.69) is 20.8 Å². The van der Waals surface area contributed by atoms with Crippen molar-refractivity contribution in [1.82, 2.24) is 0 Å². The zero-order chi connectivity index (χ0) is 14.6. The van der Waals surface area contributed by atoms with Gasteiger partial charge in [-0.15, -0.1) is 0 Å². The SMILES string of the molecule is CCCO[Si](OCCC)(OCCC)C(CN)CCN. The lowest BCUT2D eigenvalue weighted by atomic mass is 10.3. The second-order valence-electron chi connectivity index (χ2n) is 4.66. The zero-order valence-electron chi connectivity index (χ0n) is 12.8. The van der Waals surface area contributed by atoms with E-state index in [9.17, 15) is 0 Å². The molecule has 0 bridgehead atoms. The van der Waals surface area contributed by atoms with E-state index in [0.717, 1.165) is 25.7 Å². The van der Waals surface area contributed by atoms with Gasteiger partial charge < -0.3 is 24.7 Å². The topological polar surface area (TPSA) is 79.7 Å². The Kier molecular flexibility index (Phi) is 11.8. The average molecular weight is 292 g/mol. The molecule has 0 saturated heterocycles. The predicted octanol–water partition coefficient (Wildman–Crippen LogP) is 1.88. The van der Waals surface area contributed by atoms with E-state index >= 15 is 0 Å². The van der Waals surface area contributed by atoms with Crippen LogP contribution in [0.4, 0.5) is 0 Å². The largest absolute Gasteiger partial charge is 0.505 e. The van der Waals surface area contributed by atoms with Crippen molar-refractivity contribution in [1.29, 1.82) is 0 Å². The third kappa shape index (κ3) is 6.83. The summed E-state index contributed by atoms with van der Waals surface area (Å²) in [6, 6.07) is 0. The molecule has 19 heavy (non-hydrogen) atoms.